The predicted molar refractivity (Wildman–Crippen MR) is 123 cm³/mol. The number of benzene rings is 1. The molecule has 0 aliphatic carbocycles. The van der Waals surface area contributed by atoms with Gasteiger partial charge >= 0.3 is 0 Å². The summed E-state index contributed by atoms with van der Waals surface area (Å²) >= 11 is 1.57. The zero-order chi connectivity index (χ0) is 22.2. The molecule has 0 unspecified atom stereocenters. The zero-order valence-electron chi connectivity index (χ0n) is 18.1. The third-order valence-corrected chi connectivity index (χ3v) is 7.05. The lowest BCUT2D eigenvalue weighted by Gasteiger charge is -2.33. The van der Waals surface area contributed by atoms with Gasteiger partial charge in [0.1, 0.15) is 10.7 Å². The Balaban J connectivity index is 1.14. The predicted octanol–water partition coefficient (Wildman–Crippen LogP) is 2.09. The first-order valence-electron chi connectivity index (χ1n) is 10.6. The van der Waals surface area contributed by atoms with Crippen molar-refractivity contribution in [3.8, 4) is 11.5 Å². The third kappa shape index (κ3) is 4.21. The molecule has 0 saturated carbocycles. The molecule has 0 radical (unpaired) electrons. The number of aromatic amines is 1. The molecule has 0 bridgehead atoms. The molecule has 4 heterocycles. The van der Waals surface area contributed by atoms with Crippen LogP contribution in [0, 0.1) is 13.8 Å². The summed E-state index contributed by atoms with van der Waals surface area (Å²) in [5, 5.41) is 3.62. The monoisotopic (exact) mass is 455 g/mol. The van der Waals surface area contributed by atoms with Crippen LogP contribution in [0.1, 0.15) is 16.3 Å². The van der Waals surface area contributed by atoms with Gasteiger partial charge in [-0.1, -0.05) is 0 Å². The third-order valence-electron chi connectivity index (χ3n) is 5.95. The maximum absolute atomic E-state index is 12.5. The fourth-order valence-electron chi connectivity index (χ4n) is 4.07. The Bertz CT molecular complexity index is 1230. The van der Waals surface area contributed by atoms with E-state index in [1.54, 1.807) is 23.5 Å². The van der Waals surface area contributed by atoms with E-state index in [-0.39, 0.29) is 18.3 Å². The van der Waals surface area contributed by atoms with E-state index in [0.29, 0.717) is 41.5 Å². The molecule has 1 fully saturated rings. The van der Waals surface area contributed by atoms with Crippen molar-refractivity contribution < 1.29 is 14.3 Å². The summed E-state index contributed by atoms with van der Waals surface area (Å²) in [4.78, 5) is 38.9. The number of aromatic nitrogens is 2. The highest BCUT2D eigenvalue weighted by molar-refractivity contribution is 7.18. The average molecular weight is 456 g/mol. The molecule has 1 amide bonds. The number of nitrogens with zero attached hydrogens (tertiary/aromatic N) is 3. The molecule has 9 nitrogen and oxygen atoms in total. The van der Waals surface area contributed by atoms with Gasteiger partial charge in [0.15, 0.2) is 11.5 Å². The maximum Gasteiger partial charge on any atom is 0.259 e. The maximum atomic E-state index is 12.5. The fourth-order valence-corrected chi connectivity index (χ4v) is 5.12. The molecule has 168 valence electrons. The number of ether oxygens (including phenoxy) is 2. The summed E-state index contributed by atoms with van der Waals surface area (Å²) in [5.41, 5.74) is 1.64. The number of carbonyl (C=O) groups excluding carboxylic acids is 1. The number of rotatable bonds is 5. The molecule has 1 aromatic carbocycles. The first-order valence-corrected chi connectivity index (χ1v) is 11.4. The van der Waals surface area contributed by atoms with Gasteiger partial charge in [0.2, 0.25) is 12.7 Å². The number of anilines is 1. The summed E-state index contributed by atoms with van der Waals surface area (Å²) in [5.74, 6) is 1.97. The highest BCUT2D eigenvalue weighted by Crippen LogP contribution is 2.34. The molecule has 3 aromatic rings. The molecule has 2 aliphatic heterocycles. The molecule has 0 atom stereocenters. The van der Waals surface area contributed by atoms with Crippen molar-refractivity contribution in [3.05, 3.63) is 44.8 Å². The second kappa shape index (κ2) is 8.53. The van der Waals surface area contributed by atoms with Gasteiger partial charge in [0.25, 0.3) is 5.56 Å². The van der Waals surface area contributed by atoms with Crippen LogP contribution in [0.5, 0.6) is 11.5 Å². The standard InChI is InChI=1S/C22H25N5O4S/c1-13-14(2)32-22-20(13)21(29)24-18(25-22)10-26-5-7-27(8-6-26)11-19(28)23-15-3-4-16-17(9-15)31-12-30-16/h3-4,9H,5-8,10-12H2,1-2H3,(H,23,28)(H,24,25,29). The van der Waals surface area contributed by atoms with E-state index in [1.165, 1.54) is 0 Å². The molecule has 2 N–H and O–H groups in total. The fraction of sp³-hybridized carbons (Fsp3) is 0.409. The Labute approximate surface area is 189 Å². The molecule has 10 heteroatoms. The van der Waals surface area contributed by atoms with Gasteiger partial charge in [-0.2, -0.15) is 0 Å². The highest BCUT2D eigenvalue weighted by Gasteiger charge is 2.21. The van der Waals surface area contributed by atoms with E-state index >= 15 is 0 Å². The summed E-state index contributed by atoms with van der Waals surface area (Å²) in [6, 6.07) is 5.38. The molecule has 0 spiro atoms. The summed E-state index contributed by atoms with van der Waals surface area (Å²) in [6.07, 6.45) is 0. The van der Waals surface area contributed by atoms with Crippen LogP contribution in [-0.2, 0) is 11.3 Å². The van der Waals surface area contributed by atoms with Gasteiger partial charge in [-0.25, -0.2) is 4.98 Å². The summed E-state index contributed by atoms with van der Waals surface area (Å²) < 4.78 is 10.6. The van der Waals surface area contributed by atoms with Gasteiger partial charge in [0.05, 0.1) is 18.5 Å². The number of H-pyrrole nitrogens is 1. The molecular formula is C22H25N5O4S. The Morgan fingerprint density at radius 3 is 2.72 bits per heavy atom. The Morgan fingerprint density at radius 1 is 1.16 bits per heavy atom. The van der Waals surface area contributed by atoms with E-state index in [2.05, 4.69) is 25.1 Å². The normalized spacial score (nSPS) is 16.6. The molecule has 5 rings (SSSR count). The van der Waals surface area contributed by atoms with Crippen LogP contribution in [0.15, 0.2) is 23.0 Å². The number of amides is 1. The van der Waals surface area contributed by atoms with Crippen molar-refractivity contribution in [1.82, 2.24) is 19.8 Å². The first-order chi connectivity index (χ1) is 15.5. The van der Waals surface area contributed by atoms with E-state index in [9.17, 15) is 9.59 Å². The van der Waals surface area contributed by atoms with Crippen molar-refractivity contribution >= 4 is 33.1 Å². The van der Waals surface area contributed by atoms with Crippen LogP contribution in [-0.4, -0.2) is 65.2 Å². The Kier molecular flexibility index (Phi) is 5.58. The highest BCUT2D eigenvalue weighted by atomic mass is 32.1. The number of fused-ring (bicyclic) bond motifs is 2. The van der Waals surface area contributed by atoms with Gasteiger partial charge < -0.3 is 19.8 Å². The van der Waals surface area contributed by atoms with E-state index in [1.807, 2.05) is 19.9 Å². The van der Waals surface area contributed by atoms with Crippen LogP contribution >= 0.6 is 11.3 Å². The van der Waals surface area contributed by atoms with Crippen LogP contribution in [0.4, 0.5) is 5.69 Å². The van der Waals surface area contributed by atoms with E-state index < -0.39 is 0 Å². The number of nitrogens with one attached hydrogen (secondary N) is 2. The Morgan fingerprint density at radius 2 is 1.91 bits per heavy atom. The molecule has 1 saturated heterocycles. The molecule has 2 aliphatic rings. The smallest absolute Gasteiger partial charge is 0.259 e. The number of piperazine rings is 1. The largest absolute Gasteiger partial charge is 0.454 e. The lowest BCUT2D eigenvalue weighted by atomic mass is 10.2. The molecule has 2 aromatic heterocycles. The second-order valence-corrected chi connectivity index (χ2v) is 9.35. The zero-order valence-corrected chi connectivity index (χ0v) is 18.9. The number of aryl methyl sites for hydroxylation is 2. The van der Waals surface area contributed by atoms with E-state index in [4.69, 9.17) is 9.47 Å². The number of carbonyl (C=O) groups is 1. The average Bonchev–Trinajstić information content (AvgIpc) is 3.33. The van der Waals surface area contributed by atoms with Crippen molar-refractivity contribution in [1.29, 1.82) is 0 Å². The summed E-state index contributed by atoms with van der Waals surface area (Å²) in [7, 11) is 0. The van der Waals surface area contributed by atoms with Crippen molar-refractivity contribution in [2.45, 2.75) is 20.4 Å². The van der Waals surface area contributed by atoms with E-state index in [0.717, 1.165) is 41.5 Å². The second-order valence-electron chi connectivity index (χ2n) is 8.14. The number of hydrogen-bond donors (Lipinski definition) is 2. The number of hydrogen-bond acceptors (Lipinski definition) is 8. The quantitative estimate of drug-likeness (QED) is 0.608. The SMILES string of the molecule is Cc1sc2nc(CN3CCN(CC(=O)Nc4ccc5c(c4)OCO5)CC3)[nH]c(=O)c2c1C. The van der Waals surface area contributed by atoms with Crippen LogP contribution < -0.4 is 20.3 Å². The minimum Gasteiger partial charge on any atom is -0.454 e. The van der Waals surface area contributed by atoms with Gasteiger partial charge in [-0.15, -0.1) is 11.3 Å². The van der Waals surface area contributed by atoms with Gasteiger partial charge in [0, 0.05) is 42.8 Å². The minimum atomic E-state index is -0.0642. The van der Waals surface area contributed by atoms with Crippen molar-refractivity contribution in [2.24, 2.45) is 0 Å². The van der Waals surface area contributed by atoms with Gasteiger partial charge in [-0.3, -0.25) is 19.4 Å². The summed E-state index contributed by atoms with van der Waals surface area (Å²) in [6.45, 7) is 8.28. The van der Waals surface area contributed by atoms with Crippen molar-refractivity contribution in [2.75, 3.05) is 44.8 Å². The first kappa shape index (κ1) is 20.9. The molecule has 32 heavy (non-hydrogen) atoms. The minimum absolute atomic E-state index is 0.0581. The van der Waals surface area contributed by atoms with Crippen molar-refractivity contribution in [3.63, 3.8) is 0 Å². The van der Waals surface area contributed by atoms with Gasteiger partial charge in [-0.05, 0) is 31.5 Å². The topological polar surface area (TPSA) is 99.8 Å². The van der Waals surface area contributed by atoms with Crippen LogP contribution in [0.25, 0.3) is 10.2 Å². The lowest BCUT2D eigenvalue weighted by Crippen LogP contribution is -2.48. The number of thiophene rings is 1. The Hall–Kier alpha value is -2.95. The molecular weight excluding hydrogens is 430 g/mol. The van der Waals surface area contributed by atoms with Crippen LogP contribution in [0.3, 0.4) is 0 Å². The lowest BCUT2D eigenvalue weighted by molar-refractivity contribution is -0.117. The van der Waals surface area contributed by atoms with Crippen LogP contribution in [0.2, 0.25) is 0 Å².